The van der Waals surface area contributed by atoms with Gasteiger partial charge in [-0.1, -0.05) is 50.7 Å². The summed E-state index contributed by atoms with van der Waals surface area (Å²) in [6.45, 7) is 0. The molecule has 2 nitrogen and oxygen atoms in total. The van der Waals surface area contributed by atoms with Crippen LogP contribution >= 0.6 is 22.6 Å². The van der Waals surface area contributed by atoms with E-state index in [1.165, 1.54) is 54.1 Å². The molecule has 0 aromatic heterocycles. The molecule has 0 amide bonds. The summed E-state index contributed by atoms with van der Waals surface area (Å²) in [6.07, 6.45) is 11.0. The minimum absolute atomic E-state index is 0.329. The van der Waals surface area contributed by atoms with Gasteiger partial charge in [-0.25, -0.2) is 0 Å². The van der Waals surface area contributed by atoms with Gasteiger partial charge in [-0.3, -0.25) is 4.79 Å². The molecule has 0 aliphatic carbocycles. The lowest BCUT2D eigenvalue weighted by molar-refractivity contribution is -0.137. The fourth-order valence-corrected chi connectivity index (χ4v) is 2.68. The summed E-state index contributed by atoms with van der Waals surface area (Å²) < 4.78 is 1.30. The van der Waals surface area contributed by atoms with Crippen molar-refractivity contribution < 1.29 is 9.90 Å². The smallest absolute Gasteiger partial charge is 0.303 e. The van der Waals surface area contributed by atoms with E-state index in [9.17, 15) is 4.79 Å². The van der Waals surface area contributed by atoms with E-state index in [0.717, 1.165) is 12.8 Å². The van der Waals surface area contributed by atoms with Crippen LogP contribution in [0.5, 0.6) is 0 Å². The van der Waals surface area contributed by atoms with Crippen LogP contribution in [0.25, 0.3) is 0 Å². The Labute approximate surface area is 136 Å². The molecule has 0 spiro atoms. The van der Waals surface area contributed by atoms with Gasteiger partial charge >= 0.3 is 5.97 Å². The number of unbranched alkanes of at least 4 members (excludes halogenated alkanes) is 7. The second kappa shape index (κ2) is 11.1. The number of rotatable bonds is 11. The van der Waals surface area contributed by atoms with Gasteiger partial charge in [0.05, 0.1) is 0 Å². The zero-order chi connectivity index (χ0) is 14.6. The van der Waals surface area contributed by atoms with Gasteiger partial charge in [-0.2, -0.15) is 0 Å². The van der Waals surface area contributed by atoms with Gasteiger partial charge in [-0.05, 0) is 59.5 Å². The molecule has 0 atom stereocenters. The van der Waals surface area contributed by atoms with Crippen molar-refractivity contribution in [1.82, 2.24) is 0 Å². The number of hydrogen-bond acceptors (Lipinski definition) is 1. The van der Waals surface area contributed by atoms with Crippen LogP contribution in [-0.2, 0) is 11.2 Å². The number of benzene rings is 1. The zero-order valence-electron chi connectivity index (χ0n) is 12.1. The molecule has 0 radical (unpaired) electrons. The van der Waals surface area contributed by atoms with Crippen molar-refractivity contribution in [3.8, 4) is 0 Å². The van der Waals surface area contributed by atoms with E-state index >= 15 is 0 Å². The van der Waals surface area contributed by atoms with Crippen LogP contribution in [0.1, 0.15) is 63.4 Å². The molecule has 20 heavy (non-hydrogen) atoms. The maximum Gasteiger partial charge on any atom is 0.303 e. The van der Waals surface area contributed by atoms with Gasteiger partial charge in [0.2, 0.25) is 0 Å². The fourth-order valence-electron chi connectivity index (χ4n) is 2.32. The van der Waals surface area contributed by atoms with E-state index in [2.05, 4.69) is 46.9 Å². The third-order valence-electron chi connectivity index (χ3n) is 3.52. The lowest BCUT2D eigenvalue weighted by atomic mass is 10.0. The van der Waals surface area contributed by atoms with Crippen LogP contribution in [0.3, 0.4) is 0 Å². The third-order valence-corrected chi connectivity index (χ3v) is 4.24. The van der Waals surface area contributed by atoms with Crippen LogP contribution in [0.15, 0.2) is 24.3 Å². The van der Waals surface area contributed by atoms with E-state index in [1.54, 1.807) is 0 Å². The minimum Gasteiger partial charge on any atom is -0.481 e. The maximum absolute atomic E-state index is 10.3. The second-order valence-corrected chi connectivity index (χ2v) is 6.59. The Bertz CT molecular complexity index is 373. The normalized spacial score (nSPS) is 10.7. The molecule has 0 aliphatic heterocycles. The average Bonchev–Trinajstić information content (AvgIpc) is 2.42. The highest BCUT2D eigenvalue weighted by molar-refractivity contribution is 14.1. The topological polar surface area (TPSA) is 37.3 Å². The van der Waals surface area contributed by atoms with Crippen LogP contribution in [-0.4, -0.2) is 11.1 Å². The van der Waals surface area contributed by atoms with E-state index in [0.29, 0.717) is 6.42 Å². The summed E-state index contributed by atoms with van der Waals surface area (Å²) >= 11 is 2.34. The molecule has 1 rings (SSSR count). The number of aryl methyl sites for hydroxylation is 1. The highest BCUT2D eigenvalue weighted by Crippen LogP contribution is 2.13. The SMILES string of the molecule is O=C(O)CCCCCCCCCCc1ccc(I)cc1. The van der Waals surface area contributed by atoms with Gasteiger partial charge in [0.1, 0.15) is 0 Å². The summed E-state index contributed by atoms with van der Waals surface area (Å²) in [4.78, 5) is 10.3. The van der Waals surface area contributed by atoms with E-state index in [-0.39, 0.29) is 0 Å². The Hall–Kier alpha value is -0.580. The lowest BCUT2D eigenvalue weighted by Gasteiger charge is -2.03. The van der Waals surface area contributed by atoms with E-state index in [1.807, 2.05) is 0 Å². The first-order valence-corrected chi connectivity index (χ1v) is 8.72. The Kier molecular flexibility index (Phi) is 9.71. The van der Waals surface area contributed by atoms with Gasteiger partial charge in [-0.15, -0.1) is 0 Å². The predicted molar refractivity (Wildman–Crippen MR) is 92.1 cm³/mol. The largest absolute Gasteiger partial charge is 0.481 e. The van der Waals surface area contributed by atoms with Crippen molar-refractivity contribution >= 4 is 28.6 Å². The predicted octanol–water partition coefficient (Wildman–Crippen LogP) is 5.43. The Morgan fingerprint density at radius 3 is 1.90 bits per heavy atom. The van der Waals surface area contributed by atoms with Gasteiger partial charge in [0.15, 0.2) is 0 Å². The Morgan fingerprint density at radius 1 is 0.850 bits per heavy atom. The summed E-state index contributed by atoms with van der Waals surface area (Å²) in [5, 5.41) is 8.52. The zero-order valence-corrected chi connectivity index (χ0v) is 14.3. The summed E-state index contributed by atoms with van der Waals surface area (Å²) in [5.74, 6) is -0.666. The number of carboxylic acid groups (broad SMARTS) is 1. The quantitative estimate of drug-likeness (QED) is 0.406. The second-order valence-electron chi connectivity index (χ2n) is 5.35. The summed E-state index contributed by atoms with van der Waals surface area (Å²) in [7, 11) is 0. The first-order chi connectivity index (χ1) is 9.68. The molecule has 1 N–H and O–H groups in total. The van der Waals surface area contributed by atoms with Crippen LogP contribution in [0, 0.1) is 3.57 Å². The Balaban J connectivity index is 1.87. The summed E-state index contributed by atoms with van der Waals surface area (Å²) in [6, 6.07) is 8.80. The number of halogens is 1. The first-order valence-electron chi connectivity index (χ1n) is 7.65. The number of hydrogen-bond donors (Lipinski definition) is 1. The molecule has 0 saturated heterocycles. The van der Waals surface area contributed by atoms with Crippen LogP contribution in [0.4, 0.5) is 0 Å². The highest BCUT2D eigenvalue weighted by atomic mass is 127. The molecule has 1 aromatic carbocycles. The first kappa shape index (κ1) is 17.5. The molecule has 3 heteroatoms. The fraction of sp³-hybridized carbons (Fsp3) is 0.588. The number of carbonyl (C=O) groups is 1. The van der Waals surface area contributed by atoms with E-state index in [4.69, 9.17) is 5.11 Å². The van der Waals surface area contributed by atoms with Crippen molar-refractivity contribution in [3.05, 3.63) is 33.4 Å². The summed E-state index contributed by atoms with van der Waals surface area (Å²) in [5.41, 5.74) is 1.44. The molecule has 0 saturated carbocycles. The standard InChI is InChI=1S/C17H25IO2/c18-16-13-11-15(12-14-16)9-7-5-3-1-2-4-6-8-10-17(19)20/h11-14H,1-10H2,(H,19,20). The van der Waals surface area contributed by atoms with Crippen molar-refractivity contribution in [2.24, 2.45) is 0 Å². The van der Waals surface area contributed by atoms with Gasteiger partial charge in [0.25, 0.3) is 0 Å². The van der Waals surface area contributed by atoms with E-state index < -0.39 is 5.97 Å². The van der Waals surface area contributed by atoms with Crippen molar-refractivity contribution in [2.75, 3.05) is 0 Å². The third kappa shape index (κ3) is 9.34. The van der Waals surface area contributed by atoms with Gasteiger partial charge < -0.3 is 5.11 Å². The van der Waals surface area contributed by atoms with Crippen LogP contribution in [0.2, 0.25) is 0 Å². The molecule has 0 fully saturated rings. The molecular weight excluding hydrogens is 363 g/mol. The molecule has 0 bridgehead atoms. The molecule has 1 aromatic rings. The molecular formula is C17H25IO2. The molecule has 0 unspecified atom stereocenters. The molecule has 0 aliphatic rings. The molecule has 112 valence electrons. The highest BCUT2D eigenvalue weighted by Gasteiger charge is 1.97. The maximum atomic E-state index is 10.3. The van der Waals surface area contributed by atoms with Crippen LogP contribution < -0.4 is 0 Å². The van der Waals surface area contributed by atoms with Crippen molar-refractivity contribution in [3.63, 3.8) is 0 Å². The van der Waals surface area contributed by atoms with Gasteiger partial charge in [0, 0.05) is 9.99 Å². The van der Waals surface area contributed by atoms with Crippen molar-refractivity contribution in [2.45, 2.75) is 64.2 Å². The Morgan fingerprint density at radius 2 is 1.35 bits per heavy atom. The minimum atomic E-state index is -0.666. The average molecular weight is 388 g/mol. The monoisotopic (exact) mass is 388 g/mol. The van der Waals surface area contributed by atoms with Crippen molar-refractivity contribution in [1.29, 1.82) is 0 Å². The number of aliphatic carboxylic acids is 1. The molecule has 0 heterocycles. The number of carboxylic acids is 1. The lowest BCUT2D eigenvalue weighted by Crippen LogP contribution is -1.93.